The molecule has 27 heavy (non-hydrogen) atoms. The van der Waals surface area contributed by atoms with E-state index in [0.29, 0.717) is 29.4 Å². The maximum atomic E-state index is 12.7. The molecule has 0 saturated heterocycles. The second-order valence-electron chi connectivity index (χ2n) is 8.60. The lowest BCUT2D eigenvalue weighted by Crippen LogP contribution is -2.45. The Labute approximate surface area is 160 Å². The Morgan fingerprint density at radius 1 is 1.19 bits per heavy atom. The Balaban J connectivity index is 2.35. The van der Waals surface area contributed by atoms with E-state index in [0.717, 1.165) is 0 Å². The predicted octanol–water partition coefficient (Wildman–Crippen LogP) is 4.26. The normalized spacial score (nSPS) is 16.9. The zero-order valence-corrected chi connectivity index (χ0v) is 17.3. The van der Waals surface area contributed by atoms with E-state index in [-0.39, 0.29) is 6.10 Å². The number of anilines is 2. The number of aromatic nitrogens is 1. The number of rotatable bonds is 1. The number of hydrogen-bond donors (Lipinski definition) is 1. The second-order valence-corrected chi connectivity index (χ2v) is 8.60. The van der Waals surface area contributed by atoms with Gasteiger partial charge in [0.25, 0.3) is 0 Å². The third-order valence-corrected chi connectivity index (χ3v) is 3.54. The standard InChI is InChI=1S/C19H29N3O5/c1-11-10-22(17(24)27-19(6,7)8)14-12(2)13(9-20-15(14)25-11)21-16(23)26-18(3,4)5/h9,11H,10H2,1-8H3,(H,21,23). The first kappa shape index (κ1) is 20.8. The average Bonchev–Trinajstić information content (AvgIpc) is 2.45. The molecule has 1 aromatic heterocycles. The van der Waals surface area contributed by atoms with Gasteiger partial charge in [0.05, 0.1) is 18.4 Å². The summed E-state index contributed by atoms with van der Waals surface area (Å²) in [5.74, 6) is 0.326. The first-order chi connectivity index (χ1) is 12.3. The molecule has 0 spiro atoms. The number of fused-ring (bicyclic) bond motifs is 1. The summed E-state index contributed by atoms with van der Waals surface area (Å²) in [6, 6.07) is 0. The van der Waals surface area contributed by atoms with E-state index in [2.05, 4.69) is 10.3 Å². The van der Waals surface area contributed by atoms with Crippen LogP contribution in [-0.2, 0) is 9.47 Å². The van der Waals surface area contributed by atoms with Crippen LogP contribution in [0.5, 0.6) is 5.88 Å². The maximum absolute atomic E-state index is 12.7. The first-order valence-corrected chi connectivity index (χ1v) is 8.93. The summed E-state index contributed by atoms with van der Waals surface area (Å²) in [6.45, 7) is 14.7. The lowest BCUT2D eigenvalue weighted by Gasteiger charge is -2.35. The van der Waals surface area contributed by atoms with Crippen LogP contribution in [0.15, 0.2) is 6.20 Å². The van der Waals surface area contributed by atoms with Crippen LogP contribution in [0.2, 0.25) is 0 Å². The Kier molecular flexibility index (Phi) is 5.58. The summed E-state index contributed by atoms with van der Waals surface area (Å²) in [4.78, 5) is 30.6. The Hall–Kier alpha value is -2.51. The Bertz CT molecular complexity index is 734. The van der Waals surface area contributed by atoms with Crippen molar-refractivity contribution in [3.05, 3.63) is 11.8 Å². The fraction of sp³-hybridized carbons (Fsp3) is 0.632. The van der Waals surface area contributed by atoms with Crippen LogP contribution in [-0.4, -0.2) is 41.0 Å². The van der Waals surface area contributed by atoms with Crippen molar-refractivity contribution in [2.24, 2.45) is 0 Å². The van der Waals surface area contributed by atoms with Crippen LogP contribution in [0.3, 0.4) is 0 Å². The van der Waals surface area contributed by atoms with Gasteiger partial charge in [-0.15, -0.1) is 0 Å². The minimum atomic E-state index is -0.632. The number of carbonyl (C=O) groups is 2. The number of amides is 2. The van der Waals surface area contributed by atoms with Gasteiger partial charge >= 0.3 is 12.2 Å². The second kappa shape index (κ2) is 7.25. The Morgan fingerprint density at radius 2 is 1.78 bits per heavy atom. The predicted molar refractivity (Wildman–Crippen MR) is 103 cm³/mol. The quantitative estimate of drug-likeness (QED) is 0.784. The van der Waals surface area contributed by atoms with Crippen LogP contribution in [0.25, 0.3) is 0 Å². The van der Waals surface area contributed by atoms with Gasteiger partial charge in [-0.1, -0.05) is 0 Å². The highest BCUT2D eigenvalue weighted by atomic mass is 16.6. The molecule has 1 unspecified atom stereocenters. The summed E-state index contributed by atoms with van der Waals surface area (Å²) < 4.78 is 16.6. The molecule has 2 rings (SSSR count). The average molecular weight is 379 g/mol. The highest BCUT2D eigenvalue weighted by molar-refractivity contribution is 5.94. The lowest BCUT2D eigenvalue weighted by atomic mass is 10.1. The van der Waals surface area contributed by atoms with Gasteiger partial charge in [0.2, 0.25) is 5.88 Å². The molecule has 150 valence electrons. The number of hydrogen-bond acceptors (Lipinski definition) is 6. The first-order valence-electron chi connectivity index (χ1n) is 8.93. The van der Waals surface area contributed by atoms with E-state index < -0.39 is 23.4 Å². The summed E-state index contributed by atoms with van der Waals surface area (Å²) in [6.07, 6.45) is 0.171. The van der Waals surface area contributed by atoms with Crippen LogP contribution >= 0.6 is 0 Å². The molecule has 0 aromatic carbocycles. The van der Waals surface area contributed by atoms with Crippen molar-refractivity contribution in [1.29, 1.82) is 0 Å². The highest BCUT2D eigenvalue weighted by Gasteiger charge is 2.34. The summed E-state index contributed by atoms with van der Waals surface area (Å²) >= 11 is 0. The molecular weight excluding hydrogens is 350 g/mol. The van der Waals surface area contributed by atoms with Crippen LogP contribution in [0.4, 0.5) is 21.0 Å². The molecule has 1 aliphatic rings. The molecule has 1 aromatic rings. The minimum absolute atomic E-state index is 0.235. The maximum Gasteiger partial charge on any atom is 0.415 e. The van der Waals surface area contributed by atoms with Crippen molar-refractivity contribution in [3.63, 3.8) is 0 Å². The van der Waals surface area contributed by atoms with Crippen LogP contribution in [0, 0.1) is 6.92 Å². The molecular formula is C19H29N3O5. The number of nitrogens with one attached hydrogen (secondary N) is 1. The van der Waals surface area contributed by atoms with Gasteiger partial charge in [0.1, 0.15) is 23.0 Å². The van der Waals surface area contributed by atoms with E-state index in [1.54, 1.807) is 48.5 Å². The van der Waals surface area contributed by atoms with E-state index in [4.69, 9.17) is 14.2 Å². The van der Waals surface area contributed by atoms with Gasteiger partial charge in [-0.2, -0.15) is 0 Å². The molecule has 0 radical (unpaired) electrons. The number of nitrogens with zero attached hydrogens (tertiary/aromatic N) is 2. The third-order valence-electron chi connectivity index (χ3n) is 3.54. The van der Waals surface area contributed by atoms with E-state index in [1.807, 2.05) is 6.92 Å². The van der Waals surface area contributed by atoms with Gasteiger partial charge < -0.3 is 14.2 Å². The number of ether oxygens (including phenoxy) is 3. The number of pyridine rings is 1. The van der Waals surface area contributed by atoms with Crippen molar-refractivity contribution in [1.82, 2.24) is 4.98 Å². The van der Waals surface area contributed by atoms with E-state index in [9.17, 15) is 9.59 Å². The highest BCUT2D eigenvalue weighted by Crippen LogP contribution is 2.38. The van der Waals surface area contributed by atoms with Gasteiger partial charge in [0, 0.05) is 5.56 Å². The summed E-state index contributed by atoms with van der Waals surface area (Å²) in [5, 5.41) is 2.68. The molecule has 0 saturated carbocycles. The van der Waals surface area contributed by atoms with Crippen molar-refractivity contribution >= 4 is 23.6 Å². The van der Waals surface area contributed by atoms with Crippen LogP contribution in [0.1, 0.15) is 54.0 Å². The SMILES string of the molecule is Cc1c(NC(=O)OC(C)(C)C)cnc2c1N(C(=O)OC(C)(C)C)CC(C)O2. The van der Waals surface area contributed by atoms with Gasteiger partial charge in [0.15, 0.2) is 0 Å². The molecule has 8 nitrogen and oxygen atoms in total. The molecule has 1 N–H and O–H groups in total. The monoisotopic (exact) mass is 379 g/mol. The molecule has 0 bridgehead atoms. The number of carbonyl (C=O) groups excluding carboxylic acids is 2. The zero-order chi connectivity index (χ0) is 20.6. The zero-order valence-electron chi connectivity index (χ0n) is 17.3. The van der Waals surface area contributed by atoms with Crippen molar-refractivity contribution < 1.29 is 23.8 Å². The molecule has 2 heterocycles. The molecule has 8 heteroatoms. The van der Waals surface area contributed by atoms with Gasteiger partial charge in [-0.05, 0) is 55.4 Å². The molecule has 1 aliphatic heterocycles. The van der Waals surface area contributed by atoms with Crippen molar-refractivity contribution in [3.8, 4) is 5.88 Å². The van der Waals surface area contributed by atoms with E-state index >= 15 is 0 Å². The minimum Gasteiger partial charge on any atom is -0.471 e. The van der Waals surface area contributed by atoms with Crippen molar-refractivity contribution in [2.75, 3.05) is 16.8 Å². The fourth-order valence-corrected chi connectivity index (χ4v) is 2.57. The smallest absolute Gasteiger partial charge is 0.415 e. The molecule has 1 atom stereocenters. The Morgan fingerprint density at radius 3 is 2.33 bits per heavy atom. The van der Waals surface area contributed by atoms with Gasteiger partial charge in [-0.25, -0.2) is 14.6 Å². The van der Waals surface area contributed by atoms with Gasteiger partial charge in [-0.3, -0.25) is 10.2 Å². The lowest BCUT2D eigenvalue weighted by molar-refractivity contribution is 0.0549. The molecule has 0 fully saturated rings. The summed E-state index contributed by atoms with van der Waals surface area (Å²) in [7, 11) is 0. The summed E-state index contributed by atoms with van der Waals surface area (Å²) in [5.41, 5.74) is 0.307. The fourth-order valence-electron chi connectivity index (χ4n) is 2.57. The third kappa shape index (κ3) is 5.48. The van der Waals surface area contributed by atoms with E-state index in [1.165, 1.54) is 11.1 Å². The molecule has 2 amide bonds. The topological polar surface area (TPSA) is 90.0 Å². The largest absolute Gasteiger partial charge is 0.471 e. The van der Waals surface area contributed by atoms with Crippen molar-refractivity contribution in [2.45, 2.75) is 72.7 Å². The molecule has 0 aliphatic carbocycles. The van der Waals surface area contributed by atoms with Crippen LogP contribution < -0.4 is 15.0 Å².